The van der Waals surface area contributed by atoms with E-state index in [9.17, 15) is 14.9 Å². The first-order chi connectivity index (χ1) is 15.1. The summed E-state index contributed by atoms with van der Waals surface area (Å²) in [5.74, 6) is -0.304. The first-order valence-electron chi connectivity index (χ1n) is 9.99. The molecule has 2 aromatic carbocycles. The fourth-order valence-corrected chi connectivity index (χ4v) is 5.08. The first-order valence-corrected chi connectivity index (χ1v) is 12.0. The van der Waals surface area contributed by atoms with Gasteiger partial charge in [0.05, 0.1) is 10.2 Å². The Hall–Kier alpha value is -3.08. The number of hydrogen-bond donors (Lipinski definition) is 0. The number of nitrogens with zero attached hydrogens (tertiary/aromatic N) is 3. The fourth-order valence-electron chi connectivity index (χ4n) is 3.58. The molecule has 0 radical (unpaired) electrons. The van der Waals surface area contributed by atoms with E-state index in [0.717, 1.165) is 23.3 Å². The summed E-state index contributed by atoms with van der Waals surface area (Å²) in [5, 5.41) is 9.87. The van der Waals surface area contributed by atoms with Gasteiger partial charge in [0.15, 0.2) is 5.57 Å². The van der Waals surface area contributed by atoms with Crippen molar-refractivity contribution in [1.82, 2.24) is 9.47 Å². The monoisotopic (exact) mass is 447 g/mol. The molecule has 0 unspecified atom stereocenters. The molecule has 5 nitrogen and oxygen atoms in total. The van der Waals surface area contributed by atoms with Crippen molar-refractivity contribution in [3.05, 3.63) is 79.7 Å². The molecule has 7 heteroatoms. The largest absolute Gasteiger partial charge is 0.338 e. The van der Waals surface area contributed by atoms with Gasteiger partial charge < -0.3 is 4.90 Å². The van der Waals surface area contributed by atoms with E-state index in [4.69, 9.17) is 0 Å². The van der Waals surface area contributed by atoms with Gasteiger partial charge in [-0.2, -0.15) is 5.26 Å². The number of thiazole rings is 1. The molecule has 0 spiro atoms. The highest BCUT2D eigenvalue weighted by atomic mass is 32.2. The van der Waals surface area contributed by atoms with Gasteiger partial charge in [0.2, 0.25) is 0 Å². The summed E-state index contributed by atoms with van der Waals surface area (Å²) >= 11 is 2.84. The van der Waals surface area contributed by atoms with E-state index in [1.807, 2.05) is 66.9 Å². The SMILES string of the molecule is CSc1ccc(/C=c2/s/c(=C(\C#N)C(=O)N3CCCC3)n(-c3ccccc3)c2=O)cc1. The molecule has 1 saturated heterocycles. The minimum atomic E-state index is -0.304. The smallest absolute Gasteiger partial charge is 0.273 e. The van der Waals surface area contributed by atoms with Crippen molar-refractivity contribution in [2.75, 3.05) is 19.3 Å². The van der Waals surface area contributed by atoms with Crippen LogP contribution in [0, 0.1) is 11.3 Å². The van der Waals surface area contributed by atoms with Crippen LogP contribution < -0.4 is 14.8 Å². The fraction of sp³-hybridized carbons (Fsp3) is 0.208. The van der Waals surface area contributed by atoms with E-state index < -0.39 is 0 Å². The third-order valence-electron chi connectivity index (χ3n) is 5.18. The van der Waals surface area contributed by atoms with E-state index in [1.54, 1.807) is 16.7 Å². The Morgan fingerprint density at radius 1 is 1.10 bits per heavy atom. The van der Waals surface area contributed by atoms with Crippen LogP contribution in [-0.2, 0) is 4.79 Å². The molecule has 0 saturated carbocycles. The van der Waals surface area contributed by atoms with Crippen LogP contribution in [0.5, 0.6) is 0 Å². The molecule has 1 amide bonds. The number of nitriles is 1. The lowest BCUT2D eigenvalue weighted by Gasteiger charge is -2.14. The van der Waals surface area contributed by atoms with E-state index in [-0.39, 0.29) is 17.0 Å². The Kier molecular flexibility index (Phi) is 6.40. The summed E-state index contributed by atoms with van der Waals surface area (Å²) in [5.41, 5.74) is 1.32. The highest BCUT2D eigenvalue weighted by Crippen LogP contribution is 2.15. The van der Waals surface area contributed by atoms with Gasteiger partial charge in [0.1, 0.15) is 10.7 Å². The molecule has 2 heterocycles. The quantitative estimate of drug-likeness (QED) is 0.577. The number of para-hydroxylation sites is 1. The molecular weight excluding hydrogens is 426 g/mol. The second-order valence-corrected chi connectivity index (χ2v) is 9.06. The molecule has 1 aliphatic rings. The molecule has 3 aromatic rings. The molecule has 0 atom stereocenters. The third-order valence-corrected chi connectivity index (χ3v) is 7.02. The summed E-state index contributed by atoms with van der Waals surface area (Å²) in [7, 11) is 0. The third kappa shape index (κ3) is 4.36. The number of likely N-dealkylation sites (tertiary alicyclic amines) is 1. The van der Waals surface area contributed by atoms with Gasteiger partial charge in [-0.15, -0.1) is 23.1 Å². The van der Waals surface area contributed by atoms with E-state index in [1.165, 1.54) is 15.9 Å². The van der Waals surface area contributed by atoms with Crippen molar-refractivity contribution >= 4 is 40.7 Å². The van der Waals surface area contributed by atoms with E-state index in [0.29, 0.717) is 28.0 Å². The molecule has 156 valence electrons. The van der Waals surface area contributed by atoms with Gasteiger partial charge in [-0.1, -0.05) is 30.3 Å². The number of carbonyl (C=O) groups is 1. The highest BCUT2D eigenvalue weighted by molar-refractivity contribution is 7.98. The number of hydrogen-bond acceptors (Lipinski definition) is 5. The predicted molar refractivity (Wildman–Crippen MR) is 126 cm³/mol. The summed E-state index contributed by atoms with van der Waals surface area (Å²) in [6, 6.07) is 19.2. The zero-order valence-corrected chi connectivity index (χ0v) is 18.7. The van der Waals surface area contributed by atoms with Gasteiger partial charge in [-0.3, -0.25) is 14.2 Å². The van der Waals surface area contributed by atoms with E-state index in [2.05, 4.69) is 6.07 Å². The van der Waals surface area contributed by atoms with Crippen molar-refractivity contribution in [3.8, 4) is 11.8 Å². The Morgan fingerprint density at radius 2 is 1.77 bits per heavy atom. The number of thioether (sulfide) groups is 1. The normalized spacial score (nSPS) is 15.1. The molecule has 1 fully saturated rings. The van der Waals surface area contributed by atoms with Crippen LogP contribution in [0.1, 0.15) is 18.4 Å². The van der Waals surface area contributed by atoms with Crippen molar-refractivity contribution in [3.63, 3.8) is 0 Å². The minimum Gasteiger partial charge on any atom is -0.338 e. The van der Waals surface area contributed by atoms with Crippen molar-refractivity contribution in [2.24, 2.45) is 0 Å². The zero-order valence-electron chi connectivity index (χ0n) is 17.1. The van der Waals surface area contributed by atoms with Crippen molar-refractivity contribution < 1.29 is 4.79 Å². The van der Waals surface area contributed by atoms with Crippen LogP contribution in [0.25, 0.3) is 17.3 Å². The van der Waals surface area contributed by atoms with E-state index >= 15 is 0 Å². The van der Waals surface area contributed by atoms with Gasteiger partial charge in [-0.25, -0.2) is 0 Å². The average Bonchev–Trinajstić information content (AvgIpc) is 3.45. The van der Waals surface area contributed by atoms with Gasteiger partial charge in [0, 0.05) is 18.0 Å². The Morgan fingerprint density at radius 3 is 2.39 bits per heavy atom. The Labute approximate surface area is 188 Å². The number of rotatable bonds is 4. The van der Waals surface area contributed by atoms with Crippen molar-refractivity contribution in [1.29, 1.82) is 5.26 Å². The molecule has 1 aliphatic heterocycles. The lowest BCUT2D eigenvalue weighted by Crippen LogP contribution is -2.35. The number of carbonyl (C=O) groups excluding carboxylic acids is 1. The molecular formula is C24H21N3O2S2. The highest BCUT2D eigenvalue weighted by Gasteiger charge is 2.24. The lowest BCUT2D eigenvalue weighted by atomic mass is 10.2. The lowest BCUT2D eigenvalue weighted by molar-refractivity contribution is -0.123. The van der Waals surface area contributed by atoms with Crippen LogP contribution in [0.15, 0.2) is 64.3 Å². The minimum absolute atomic E-state index is 0.0187. The molecule has 4 rings (SSSR count). The van der Waals surface area contributed by atoms with Crippen LogP contribution in [0.2, 0.25) is 0 Å². The van der Waals surface area contributed by atoms with Crippen LogP contribution >= 0.6 is 23.1 Å². The number of benzene rings is 2. The zero-order chi connectivity index (χ0) is 21.8. The van der Waals surface area contributed by atoms with Crippen LogP contribution in [0.4, 0.5) is 0 Å². The summed E-state index contributed by atoms with van der Waals surface area (Å²) < 4.78 is 2.35. The molecule has 1 aromatic heterocycles. The van der Waals surface area contributed by atoms with Gasteiger partial charge in [0.25, 0.3) is 11.5 Å². The molecule has 31 heavy (non-hydrogen) atoms. The predicted octanol–water partition coefficient (Wildman–Crippen LogP) is 2.75. The van der Waals surface area contributed by atoms with Crippen molar-refractivity contribution in [2.45, 2.75) is 17.7 Å². The van der Waals surface area contributed by atoms with Crippen LogP contribution in [0.3, 0.4) is 0 Å². The standard InChI is InChI=1S/C24H21N3O2S2/c1-30-19-11-9-17(10-12-19)15-21-23(29)27(18-7-3-2-4-8-18)24(31-21)20(16-25)22(28)26-13-5-6-14-26/h2-4,7-12,15H,5-6,13-14H2,1H3/b21-15+,24-20+. The maximum Gasteiger partial charge on any atom is 0.273 e. The maximum absolute atomic E-state index is 13.4. The Balaban J connectivity index is 1.96. The van der Waals surface area contributed by atoms with Crippen LogP contribution in [-0.4, -0.2) is 34.7 Å². The second-order valence-electron chi connectivity index (χ2n) is 7.15. The average molecular weight is 448 g/mol. The number of amides is 1. The Bertz CT molecular complexity index is 1310. The topological polar surface area (TPSA) is 66.1 Å². The molecule has 0 bridgehead atoms. The second kappa shape index (κ2) is 9.38. The number of aromatic nitrogens is 1. The molecule has 0 aliphatic carbocycles. The summed E-state index contributed by atoms with van der Waals surface area (Å²) in [6.07, 6.45) is 5.70. The summed E-state index contributed by atoms with van der Waals surface area (Å²) in [6.45, 7) is 1.29. The maximum atomic E-state index is 13.4. The summed E-state index contributed by atoms with van der Waals surface area (Å²) in [4.78, 5) is 29.3. The first kappa shape index (κ1) is 21.2. The van der Waals surface area contributed by atoms with Gasteiger partial charge in [-0.05, 0) is 55.0 Å². The molecule has 0 N–H and O–H groups in total. The van der Waals surface area contributed by atoms with Gasteiger partial charge >= 0.3 is 0 Å².